The van der Waals surface area contributed by atoms with E-state index in [2.05, 4.69) is 15.3 Å². The van der Waals surface area contributed by atoms with Crippen molar-refractivity contribution < 1.29 is 13.2 Å². The van der Waals surface area contributed by atoms with Gasteiger partial charge in [-0.05, 0) is 31.2 Å². The van der Waals surface area contributed by atoms with Crippen LogP contribution in [0.4, 0.5) is 5.69 Å². The number of pyridine rings is 1. The Morgan fingerprint density at radius 2 is 1.83 bits per heavy atom. The van der Waals surface area contributed by atoms with Crippen LogP contribution < -0.4 is 5.32 Å². The molecule has 29 heavy (non-hydrogen) atoms. The minimum atomic E-state index is -3.30. The number of imidazole rings is 1. The maximum Gasteiger partial charge on any atom is 0.244 e. The van der Waals surface area contributed by atoms with Crippen LogP contribution in [-0.4, -0.2) is 35.1 Å². The maximum absolute atomic E-state index is 12.8. The van der Waals surface area contributed by atoms with Gasteiger partial charge >= 0.3 is 0 Å². The molecule has 0 radical (unpaired) electrons. The summed E-state index contributed by atoms with van der Waals surface area (Å²) < 4.78 is 25.3. The van der Waals surface area contributed by atoms with Gasteiger partial charge in [0.25, 0.3) is 0 Å². The predicted molar refractivity (Wildman–Crippen MR) is 113 cm³/mol. The van der Waals surface area contributed by atoms with Gasteiger partial charge < -0.3 is 9.88 Å². The molecule has 4 rings (SSSR count). The lowest BCUT2D eigenvalue weighted by atomic mass is 10.1. The number of anilines is 1. The SMILES string of the molecule is Cc1ccc2cccc(NC(=O)Cn3c(CS(C)(=O)=O)nc4ccccc43)c2n1. The molecule has 0 aliphatic heterocycles. The summed E-state index contributed by atoms with van der Waals surface area (Å²) in [6.45, 7) is 1.85. The van der Waals surface area contributed by atoms with Crippen LogP contribution in [0.15, 0.2) is 54.6 Å². The Bertz CT molecular complexity index is 1340. The Balaban J connectivity index is 1.68. The van der Waals surface area contributed by atoms with Crippen molar-refractivity contribution >= 4 is 43.4 Å². The van der Waals surface area contributed by atoms with Crippen LogP contribution in [0.1, 0.15) is 11.5 Å². The van der Waals surface area contributed by atoms with Crippen molar-refractivity contribution in [2.75, 3.05) is 11.6 Å². The van der Waals surface area contributed by atoms with E-state index in [4.69, 9.17) is 0 Å². The molecule has 2 aromatic heterocycles. The molecular weight excluding hydrogens is 388 g/mol. The molecule has 0 saturated carbocycles. The lowest BCUT2D eigenvalue weighted by molar-refractivity contribution is -0.116. The number of para-hydroxylation sites is 3. The largest absolute Gasteiger partial charge is 0.323 e. The number of aryl methyl sites for hydroxylation is 1. The van der Waals surface area contributed by atoms with Gasteiger partial charge in [0.2, 0.25) is 5.91 Å². The minimum Gasteiger partial charge on any atom is -0.323 e. The first-order chi connectivity index (χ1) is 13.8. The van der Waals surface area contributed by atoms with Crippen molar-refractivity contribution in [1.29, 1.82) is 0 Å². The van der Waals surface area contributed by atoms with Gasteiger partial charge in [0.05, 0.1) is 22.2 Å². The summed E-state index contributed by atoms with van der Waals surface area (Å²) >= 11 is 0. The third-order valence-corrected chi connectivity index (χ3v) is 5.34. The molecular formula is C21H20N4O3S. The van der Waals surface area contributed by atoms with Crippen LogP contribution >= 0.6 is 0 Å². The van der Waals surface area contributed by atoms with E-state index in [0.717, 1.165) is 17.3 Å². The lowest BCUT2D eigenvalue weighted by Gasteiger charge is -2.11. The van der Waals surface area contributed by atoms with Crippen molar-refractivity contribution in [1.82, 2.24) is 14.5 Å². The fourth-order valence-corrected chi connectivity index (χ4v) is 4.01. The molecule has 2 heterocycles. The number of carbonyl (C=O) groups is 1. The molecule has 0 spiro atoms. The van der Waals surface area contributed by atoms with Gasteiger partial charge in [-0.1, -0.05) is 30.3 Å². The molecule has 8 heteroatoms. The molecule has 148 valence electrons. The van der Waals surface area contributed by atoms with E-state index in [1.54, 1.807) is 16.7 Å². The Hall–Kier alpha value is -3.26. The van der Waals surface area contributed by atoms with Crippen LogP contribution in [0.25, 0.3) is 21.9 Å². The van der Waals surface area contributed by atoms with E-state index < -0.39 is 9.84 Å². The van der Waals surface area contributed by atoms with E-state index >= 15 is 0 Å². The van der Waals surface area contributed by atoms with Gasteiger partial charge in [0.15, 0.2) is 9.84 Å². The molecule has 0 bridgehead atoms. The van der Waals surface area contributed by atoms with E-state index in [0.29, 0.717) is 28.1 Å². The number of amides is 1. The first kappa shape index (κ1) is 19.1. The van der Waals surface area contributed by atoms with Crippen LogP contribution in [-0.2, 0) is 26.9 Å². The van der Waals surface area contributed by atoms with Gasteiger partial charge in [-0.25, -0.2) is 13.4 Å². The second-order valence-electron chi connectivity index (χ2n) is 7.05. The van der Waals surface area contributed by atoms with Crippen LogP contribution in [0, 0.1) is 6.92 Å². The highest BCUT2D eigenvalue weighted by molar-refractivity contribution is 7.89. The summed E-state index contributed by atoms with van der Waals surface area (Å²) in [5, 5.41) is 3.84. The summed E-state index contributed by atoms with van der Waals surface area (Å²) in [5.74, 6) is -0.168. The number of hydrogen-bond donors (Lipinski definition) is 1. The summed E-state index contributed by atoms with van der Waals surface area (Å²) in [4.78, 5) is 21.8. The molecule has 0 unspecified atom stereocenters. The van der Waals surface area contributed by atoms with Gasteiger partial charge in [-0.2, -0.15) is 0 Å². The third-order valence-electron chi connectivity index (χ3n) is 4.56. The third kappa shape index (κ3) is 4.12. The zero-order valence-electron chi connectivity index (χ0n) is 16.1. The quantitative estimate of drug-likeness (QED) is 0.548. The average molecular weight is 408 g/mol. The topological polar surface area (TPSA) is 94.0 Å². The number of rotatable bonds is 5. The Morgan fingerprint density at radius 1 is 1.03 bits per heavy atom. The lowest BCUT2D eigenvalue weighted by Crippen LogP contribution is -2.21. The fraction of sp³-hybridized carbons (Fsp3) is 0.190. The predicted octanol–water partition coefficient (Wildman–Crippen LogP) is 3.08. The standard InChI is InChI=1S/C21H20N4O3S/c1-14-10-11-15-6-5-8-17(21(15)22-14)24-20(26)12-25-18-9-4-3-7-16(18)23-19(25)13-29(2,27)28/h3-11H,12-13H2,1-2H3,(H,24,26). The van der Waals surface area contributed by atoms with Crippen LogP contribution in [0.2, 0.25) is 0 Å². The molecule has 2 aromatic carbocycles. The van der Waals surface area contributed by atoms with Gasteiger partial charge in [0.1, 0.15) is 18.1 Å². The number of fused-ring (bicyclic) bond motifs is 2. The minimum absolute atomic E-state index is 0.0480. The number of hydrogen-bond acceptors (Lipinski definition) is 5. The first-order valence-corrected chi connectivity index (χ1v) is 11.1. The second-order valence-corrected chi connectivity index (χ2v) is 9.19. The van der Waals surface area contributed by atoms with Crippen molar-refractivity contribution in [3.05, 3.63) is 66.1 Å². The van der Waals surface area contributed by atoms with Crippen LogP contribution in [0.3, 0.4) is 0 Å². The van der Waals surface area contributed by atoms with E-state index in [-0.39, 0.29) is 18.2 Å². The number of benzene rings is 2. The number of nitrogens with zero attached hydrogens (tertiary/aromatic N) is 3. The van der Waals surface area contributed by atoms with Crippen molar-refractivity contribution in [2.24, 2.45) is 0 Å². The highest BCUT2D eigenvalue weighted by Gasteiger charge is 2.18. The molecule has 0 fully saturated rings. The molecule has 0 atom stereocenters. The van der Waals surface area contributed by atoms with E-state index in [1.807, 2.05) is 49.4 Å². The number of carbonyl (C=O) groups excluding carboxylic acids is 1. The molecule has 0 aliphatic rings. The average Bonchev–Trinajstić information content (AvgIpc) is 2.97. The molecule has 0 saturated heterocycles. The molecule has 7 nitrogen and oxygen atoms in total. The number of aromatic nitrogens is 3. The van der Waals surface area contributed by atoms with Gasteiger partial charge in [-0.15, -0.1) is 0 Å². The summed E-state index contributed by atoms with van der Waals surface area (Å²) in [6, 6.07) is 16.8. The van der Waals surface area contributed by atoms with E-state index in [1.165, 1.54) is 0 Å². The maximum atomic E-state index is 12.8. The van der Waals surface area contributed by atoms with Crippen molar-refractivity contribution in [3.63, 3.8) is 0 Å². The summed E-state index contributed by atoms with van der Waals surface area (Å²) in [5.41, 5.74) is 3.56. The highest BCUT2D eigenvalue weighted by atomic mass is 32.2. The van der Waals surface area contributed by atoms with Gasteiger partial charge in [0, 0.05) is 17.3 Å². The zero-order chi connectivity index (χ0) is 20.6. The molecule has 4 aromatic rings. The van der Waals surface area contributed by atoms with E-state index in [9.17, 15) is 13.2 Å². The second kappa shape index (κ2) is 7.29. The fourth-order valence-electron chi connectivity index (χ4n) is 3.33. The molecule has 1 N–H and O–H groups in total. The van der Waals surface area contributed by atoms with Crippen molar-refractivity contribution in [2.45, 2.75) is 19.2 Å². The Morgan fingerprint density at radius 3 is 2.62 bits per heavy atom. The molecule has 1 amide bonds. The normalized spacial score (nSPS) is 11.8. The summed E-state index contributed by atoms with van der Waals surface area (Å²) in [6.07, 6.45) is 1.15. The number of sulfone groups is 1. The summed E-state index contributed by atoms with van der Waals surface area (Å²) in [7, 11) is -3.30. The Kier molecular flexibility index (Phi) is 4.79. The first-order valence-electron chi connectivity index (χ1n) is 9.08. The smallest absolute Gasteiger partial charge is 0.244 e. The highest BCUT2D eigenvalue weighted by Crippen LogP contribution is 2.22. The Labute approximate surface area is 168 Å². The van der Waals surface area contributed by atoms with Crippen molar-refractivity contribution in [3.8, 4) is 0 Å². The molecule has 0 aliphatic carbocycles. The monoisotopic (exact) mass is 408 g/mol. The number of nitrogens with one attached hydrogen (secondary N) is 1. The van der Waals surface area contributed by atoms with Crippen LogP contribution in [0.5, 0.6) is 0 Å². The zero-order valence-corrected chi connectivity index (χ0v) is 16.9. The van der Waals surface area contributed by atoms with Gasteiger partial charge in [-0.3, -0.25) is 9.78 Å².